The molecule has 2 atom stereocenters. The molecule has 0 spiro atoms. The Morgan fingerprint density at radius 3 is 2.57 bits per heavy atom. The van der Waals surface area contributed by atoms with E-state index in [9.17, 15) is 4.79 Å². The standard InChI is InChI=1S/C19H31NO3/c1-8-13-11-14-12-20(17(21)23-18(2,3)4)10-9-15(14)19(5,6)16(13)22-7/h8,14-15H,1,9-12H2,2-7H3. The van der Waals surface area contributed by atoms with E-state index in [1.807, 2.05) is 31.7 Å². The number of methoxy groups -OCH3 is 1. The van der Waals surface area contributed by atoms with Gasteiger partial charge >= 0.3 is 6.09 Å². The molecule has 1 aliphatic heterocycles. The summed E-state index contributed by atoms with van der Waals surface area (Å²) in [7, 11) is 1.75. The Morgan fingerprint density at radius 1 is 1.39 bits per heavy atom. The molecule has 23 heavy (non-hydrogen) atoms. The van der Waals surface area contributed by atoms with E-state index in [-0.39, 0.29) is 11.5 Å². The lowest BCUT2D eigenvalue weighted by molar-refractivity contribution is -0.0126. The second-order valence-electron chi connectivity index (χ2n) is 8.27. The molecule has 1 saturated heterocycles. The van der Waals surface area contributed by atoms with Gasteiger partial charge in [-0.2, -0.15) is 0 Å². The van der Waals surface area contributed by atoms with Gasteiger partial charge in [0.15, 0.2) is 0 Å². The number of fused-ring (bicyclic) bond motifs is 1. The van der Waals surface area contributed by atoms with E-state index in [1.165, 1.54) is 5.57 Å². The molecule has 4 heteroatoms. The first-order valence-electron chi connectivity index (χ1n) is 8.48. The van der Waals surface area contributed by atoms with Crippen molar-refractivity contribution in [3.8, 4) is 0 Å². The number of carbonyl (C=O) groups excluding carboxylic acids is 1. The third-order valence-electron chi connectivity index (χ3n) is 5.12. The van der Waals surface area contributed by atoms with Crippen molar-refractivity contribution in [3.63, 3.8) is 0 Å². The lowest BCUT2D eigenvalue weighted by Crippen LogP contribution is -2.51. The molecule has 0 radical (unpaired) electrons. The highest BCUT2D eigenvalue weighted by atomic mass is 16.6. The van der Waals surface area contributed by atoms with Gasteiger partial charge in [0.1, 0.15) is 11.4 Å². The summed E-state index contributed by atoms with van der Waals surface area (Å²) in [6.07, 6.45) is 3.60. The first-order chi connectivity index (χ1) is 10.6. The molecule has 1 heterocycles. The smallest absolute Gasteiger partial charge is 0.410 e. The van der Waals surface area contributed by atoms with Crippen LogP contribution in [0.25, 0.3) is 0 Å². The molecule has 0 aromatic carbocycles. The summed E-state index contributed by atoms with van der Waals surface area (Å²) in [5, 5.41) is 0. The summed E-state index contributed by atoms with van der Waals surface area (Å²) in [4.78, 5) is 14.2. The van der Waals surface area contributed by atoms with Crippen LogP contribution in [-0.2, 0) is 9.47 Å². The predicted molar refractivity (Wildman–Crippen MR) is 92.0 cm³/mol. The lowest BCUT2D eigenvalue weighted by atomic mass is 9.61. The van der Waals surface area contributed by atoms with E-state index in [1.54, 1.807) is 7.11 Å². The number of allylic oxidation sites excluding steroid dienone is 3. The molecule has 0 bridgehead atoms. The molecular formula is C19H31NO3. The molecule has 0 N–H and O–H groups in total. The van der Waals surface area contributed by atoms with Gasteiger partial charge < -0.3 is 14.4 Å². The number of piperidine rings is 1. The van der Waals surface area contributed by atoms with Gasteiger partial charge in [0.2, 0.25) is 0 Å². The highest BCUT2D eigenvalue weighted by Crippen LogP contribution is 2.51. The van der Waals surface area contributed by atoms with Crippen LogP contribution in [0.4, 0.5) is 4.79 Å². The van der Waals surface area contributed by atoms with Crippen LogP contribution in [0.3, 0.4) is 0 Å². The monoisotopic (exact) mass is 321 g/mol. The van der Waals surface area contributed by atoms with Gasteiger partial charge in [-0.3, -0.25) is 0 Å². The largest absolute Gasteiger partial charge is 0.500 e. The van der Waals surface area contributed by atoms with E-state index in [0.717, 1.165) is 31.7 Å². The zero-order valence-electron chi connectivity index (χ0n) is 15.4. The zero-order chi connectivity index (χ0) is 17.4. The number of carbonyl (C=O) groups is 1. The molecule has 2 aliphatic rings. The van der Waals surface area contributed by atoms with Crippen molar-refractivity contribution < 1.29 is 14.3 Å². The fraction of sp³-hybridized carbons (Fsp3) is 0.737. The van der Waals surface area contributed by atoms with E-state index in [4.69, 9.17) is 9.47 Å². The Hall–Kier alpha value is -1.45. The lowest BCUT2D eigenvalue weighted by Gasteiger charge is -2.50. The Balaban J connectivity index is 2.18. The number of hydrogen-bond donors (Lipinski definition) is 0. The Morgan fingerprint density at radius 2 is 2.04 bits per heavy atom. The molecule has 2 unspecified atom stereocenters. The maximum atomic E-state index is 12.4. The molecule has 1 aliphatic carbocycles. The summed E-state index contributed by atoms with van der Waals surface area (Å²) in [6.45, 7) is 15.7. The average Bonchev–Trinajstić information content (AvgIpc) is 2.44. The fourth-order valence-electron chi connectivity index (χ4n) is 4.21. The first-order valence-corrected chi connectivity index (χ1v) is 8.48. The molecule has 2 rings (SSSR count). The second-order valence-corrected chi connectivity index (χ2v) is 8.27. The van der Waals surface area contributed by atoms with E-state index < -0.39 is 5.60 Å². The van der Waals surface area contributed by atoms with Crippen LogP contribution in [-0.4, -0.2) is 36.8 Å². The quantitative estimate of drug-likeness (QED) is 0.758. The topological polar surface area (TPSA) is 38.8 Å². The highest BCUT2D eigenvalue weighted by molar-refractivity contribution is 5.68. The molecule has 1 fully saturated rings. The summed E-state index contributed by atoms with van der Waals surface area (Å²) >= 11 is 0. The van der Waals surface area contributed by atoms with E-state index >= 15 is 0 Å². The van der Waals surface area contributed by atoms with E-state index in [2.05, 4.69) is 20.4 Å². The predicted octanol–water partition coefficient (Wildman–Crippen LogP) is 4.38. The number of ether oxygens (including phenoxy) is 2. The second kappa shape index (κ2) is 6.21. The van der Waals surface area contributed by atoms with Gasteiger partial charge in [-0.15, -0.1) is 0 Å². The molecule has 0 saturated carbocycles. The van der Waals surface area contributed by atoms with Gasteiger partial charge in [0.05, 0.1) is 7.11 Å². The van der Waals surface area contributed by atoms with Gasteiger partial charge in [-0.1, -0.05) is 26.5 Å². The average molecular weight is 321 g/mol. The van der Waals surface area contributed by atoms with Crippen molar-refractivity contribution in [3.05, 3.63) is 24.0 Å². The van der Waals surface area contributed by atoms with Gasteiger partial charge in [-0.25, -0.2) is 4.79 Å². The Bertz CT molecular complexity index is 513. The molecule has 0 aromatic heterocycles. The van der Waals surface area contributed by atoms with Crippen LogP contribution < -0.4 is 0 Å². The molecule has 4 nitrogen and oxygen atoms in total. The molecular weight excluding hydrogens is 290 g/mol. The fourth-order valence-corrected chi connectivity index (χ4v) is 4.21. The van der Waals surface area contributed by atoms with Crippen molar-refractivity contribution >= 4 is 6.09 Å². The first kappa shape index (κ1) is 17.9. The minimum Gasteiger partial charge on any atom is -0.500 e. The Kier molecular flexibility index (Phi) is 4.84. The normalized spacial score (nSPS) is 27.3. The van der Waals surface area contributed by atoms with Crippen LogP contribution in [0.2, 0.25) is 0 Å². The minimum atomic E-state index is -0.449. The summed E-state index contributed by atoms with van der Waals surface area (Å²) in [5.41, 5.74) is 0.695. The van der Waals surface area contributed by atoms with Gasteiger partial charge in [-0.05, 0) is 51.0 Å². The third kappa shape index (κ3) is 3.56. The van der Waals surface area contributed by atoms with Crippen LogP contribution in [0, 0.1) is 17.3 Å². The van der Waals surface area contributed by atoms with Crippen molar-refractivity contribution in [1.82, 2.24) is 4.90 Å². The van der Waals surface area contributed by atoms with Crippen molar-refractivity contribution in [2.24, 2.45) is 17.3 Å². The van der Waals surface area contributed by atoms with Crippen molar-refractivity contribution in [2.45, 2.75) is 53.1 Å². The number of amides is 1. The van der Waals surface area contributed by atoms with Crippen molar-refractivity contribution in [1.29, 1.82) is 0 Å². The number of likely N-dealkylation sites (tertiary alicyclic amines) is 1. The molecule has 130 valence electrons. The maximum absolute atomic E-state index is 12.4. The maximum Gasteiger partial charge on any atom is 0.410 e. The van der Waals surface area contributed by atoms with Crippen molar-refractivity contribution in [2.75, 3.05) is 20.2 Å². The summed E-state index contributed by atoms with van der Waals surface area (Å²) in [6, 6.07) is 0. The van der Waals surface area contributed by atoms with Crippen LogP contribution in [0.1, 0.15) is 47.5 Å². The summed E-state index contributed by atoms with van der Waals surface area (Å²) < 4.78 is 11.2. The highest BCUT2D eigenvalue weighted by Gasteiger charge is 2.47. The zero-order valence-corrected chi connectivity index (χ0v) is 15.4. The SMILES string of the molecule is C=CC1=C(OC)C(C)(C)C2CCN(C(=O)OC(C)(C)C)CC2C1. The van der Waals surface area contributed by atoms with Crippen LogP contribution in [0.15, 0.2) is 24.0 Å². The number of hydrogen-bond acceptors (Lipinski definition) is 3. The Labute approximate surface area is 140 Å². The van der Waals surface area contributed by atoms with E-state index in [0.29, 0.717) is 11.8 Å². The molecule has 1 amide bonds. The number of nitrogens with zero attached hydrogens (tertiary/aromatic N) is 1. The number of rotatable bonds is 2. The van der Waals surface area contributed by atoms with Gasteiger partial charge in [0, 0.05) is 18.5 Å². The molecule has 0 aromatic rings. The van der Waals surface area contributed by atoms with Gasteiger partial charge in [0.25, 0.3) is 0 Å². The minimum absolute atomic E-state index is 0.0266. The van der Waals surface area contributed by atoms with Crippen LogP contribution >= 0.6 is 0 Å². The third-order valence-corrected chi connectivity index (χ3v) is 5.12. The van der Waals surface area contributed by atoms with Crippen LogP contribution in [0.5, 0.6) is 0 Å². The summed E-state index contributed by atoms with van der Waals surface area (Å²) in [5.74, 6) is 2.00.